The Morgan fingerprint density at radius 2 is 1.84 bits per heavy atom. The number of hydrogen-bond acceptors (Lipinski definition) is 4. The molecule has 1 aromatic carbocycles. The zero-order valence-corrected chi connectivity index (χ0v) is 18.8. The summed E-state index contributed by atoms with van der Waals surface area (Å²) in [6.07, 6.45) is 1.68. The number of pyridine rings is 2. The molecule has 7 nitrogen and oxygen atoms in total. The lowest BCUT2D eigenvalue weighted by molar-refractivity contribution is 0.0946. The molecule has 0 bridgehead atoms. The number of nitrogens with one attached hydrogen (secondary N) is 2. The van der Waals surface area contributed by atoms with E-state index in [-0.39, 0.29) is 28.4 Å². The van der Waals surface area contributed by atoms with E-state index >= 15 is 0 Å². The Morgan fingerprint density at radius 1 is 1.12 bits per heavy atom. The normalized spacial score (nSPS) is 11.4. The molecule has 0 radical (unpaired) electrons. The number of carbonyl (C=O) groups is 1. The zero-order chi connectivity index (χ0) is 23.0. The van der Waals surface area contributed by atoms with Gasteiger partial charge in [0.1, 0.15) is 16.8 Å². The fourth-order valence-corrected chi connectivity index (χ4v) is 3.69. The van der Waals surface area contributed by atoms with Crippen molar-refractivity contribution < 1.29 is 4.79 Å². The maximum Gasteiger partial charge on any atom is 0.267 e. The number of benzene rings is 1. The molecule has 0 spiro atoms. The summed E-state index contributed by atoms with van der Waals surface area (Å²) in [6, 6.07) is 13.2. The minimum atomic E-state index is -0.364. The molecule has 164 valence electrons. The summed E-state index contributed by atoms with van der Waals surface area (Å²) in [4.78, 5) is 31.0. The van der Waals surface area contributed by atoms with E-state index < -0.39 is 0 Å². The third-order valence-electron chi connectivity index (χ3n) is 5.51. The highest BCUT2D eigenvalue weighted by Gasteiger charge is 2.18. The van der Waals surface area contributed by atoms with Gasteiger partial charge in [-0.25, -0.2) is 4.98 Å². The van der Waals surface area contributed by atoms with Crippen molar-refractivity contribution in [3.05, 3.63) is 86.8 Å². The third-order valence-corrected chi connectivity index (χ3v) is 5.51. The molecule has 4 rings (SSSR count). The van der Waals surface area contributed by atoms with Gasteiger partial charge in [-0.15, -0.1) is 0 Å². The first-order chi connectivity index (χ1) is 15.3. The van der Waals surface area contributed by atoms with Gasteiger partial charge in [0, 0.05) is 12.7 Å². The minimum Gasteiger partial charge on any atom is -0.352 e. The lowest BCUT2D eigenvalue weighted by Crippen LogP contribution is -2.36. The Hall–Kier alpha value is -3.74. The fourth-order valence-electron chi connectivity index (χ4n) is 3.69. The van der Waals surface area contributed by atoms with Crippen molar-refractivity contribution in [1.82, 2.24) is 19.3 Å². The number of nitrogens with zero attached hydrogens (tertiary/aromatic N) is 3. The predicted octanol–water partition coefficient (Wildman–Crippen LogP) is 3.18. The van der Waals surface area contributed by atoms with Gasteiger partial charge < -0.3 is 9.88 Å². The molecule has 7 heteroatoms. The molecular formula is C25H27N5O2. The van der Waals surface area contributed by atoms with Gasteiger partial charge in [0.25, 0.3) is 11.5 Å². The van der Waals surface area contributed by atoms with Crippen LogP contribution in [0.25, 0.3) is 16.7 Å². The molecule has 0 fully saturated rings. The maximum absolute atomic E-state index is 13.4. The third kappa shape index (κ3) is 3.93. The van der Waals surface area contributed by atoms with Gasteiger partial charge in [-0.05, 0) is 43.0 Å². The van der Waals surface area contributed by atoms with Crippen LogP contribution in [-0.4, -0.2) is 26.4 Å². The van der Waals surface area contributed by atoms with Gasteiger partial charge in [-0.2, -0.15) is 0 Å². The van der Waals surface area contributed by atoms with Crippen LogP contribution in [0.4, 0.5) is 0 Å². The summed E-state index contributed by atoms with van der Waals surface area (Å²) in [6.45, 7) is 8.74. The average molecular weight is 430 g/mol. The number of aryl methyl sites for hydroxylation is 2. The number of carbonyl (C=O) groups excluding carboxylic acids is 1. The molecule has 0 aliphatic heterocycles. The Kier molecular flexibility index (Phi) is 5.65. The summed E-state index contributed by atoms with van der Waals surface area (Å²) in [5, 5.41) is 12.0. The molecule has 3 aromatic heterocycles. The van der Waals surface area contributed by atoms with Crippen LogP contribution in [0.1, 0.15) is 40.9 Å². The summed E-state index contributed by atoms with van der Waals surface area (Å²) < 4.78 is 3.14. The van der Waals surface area contributed by atoms with Crippen LogP contribution in [0.5, 0.6) is 0 Å². The Balaban J connectivity index is 2.01. The molecule has 0 saturated carbocycles. The number of hydrogen-bond donors (Lipinski definition) is 2. The van der Waals surface area contributed by atoms with Crippen molar-refractivity contribution in [3.8, 4) is 0 Å². The Morgan fingerprint density at radius 3 is 2.53 bits per heavy atom. The Bertz CT molecular complexity index is 1450. The second-order valence-corrected chi connectivity index (χ2v) is 8.62. The summed E-state index contributed by atoms with van der Waals surface area (Å²) in [5.74, 6) is -0.0931. The average Bonchev–Trinajstić information content (AvgIpc) is 2.76. The summed E-state index contributed by atoms with van der Waals surface area (Å²) in [5.41, 5.74) is 3.83. The summed E-state index contributed by atoms with van der Waals surface area (Å²) >= 11 is 0. The van der Waals surface area contributed by atoms with E-state index in [0.29, 0.717) is 29.8 Å². The van der Waals surface area contributed by atoms with E-state index in [0.717, 1.165) is 16.7 Å². The highest BCUT2D eigenvalue weighted by Crippen LogP contribution is 2.14. The van der Waals surface area contributed by atoms with Gasteiger partial charge in [0.15, 0.2) is 0 Å². The van der Waals surface area contributed by atoms with E-state index in [2.05, 4.69) is 5.32 Å². The van der Waals surface area contributed by atoms with Crippen molar-refractivity contribution >= 4 is 22.6 Å². The quantitative estimate of drug-likeness (QED) is 0.477. The first-order valence-electron chi connectivity index (χ1n) is 10.7. The van der Waals surface area contributed by atoms with Crippen molar-refractivity contribution in [2.24, 2.45) is 5.92 Å². The van der Waals surface area contributed by atoms with Crippen molar-refractivity contribution in [1.29, 1.82) is 5.41 Å². The molecule has 0 unspecified atom stereocenters. The molecule has 3 heterocycles. The lowest BCUT2D eigenvalue weighted by atomic mass is 10.1. The van der Waals surface area contributed by atoms with Crippen LogP contribution < -0.4 is 16.4 Å². The zero-order valence-electron chi connectivity index (χ0n) is 18.8. The van der Waals surface area contributed by atoms with E-state index in [4.69, 9.17) is 10.4 Å². The molecular weight excluding hydrogens is 402 g/mol. The molecule has 32 heavy (non-hydrogen) atoms. The topological polar surface area (TPSA) is 92.2 Å². The second-order valence-electron chi connectivity index (χ2n) is 8.62. The molecule has 0 aliphatic carbocycles. The highest BCUT2D eigenvalue weighted by atomic mass is 16.1. The first-order valence-corrected chi connectivity index (χ1v) is 10.7. The predicted molar refractivity (Wildman–Crippen MR) is 125 cm³/mol. The maximum atomic E-state index is 13.4. The molecule has 0 atom stereocenters. The van der Waals surface area contributed by atoms with E-state index in [1.54, 1.807) is 16.8 Å². The van der Waals surface area contributed by atoms with Crippen LogP contribution in [0, 0.1) is 25.2 Å². The smallest absolute Gasteiger partial charge is 0.267 e. The van der Waals surface area contributed by atoms with Gasteiger partial charge in [-0.3, -0.25) is 19.4 Å². The van der Waals surface area contributed by atoms with Crippen LogP contribution in [0.15, 0.2) is 53.5 Å². The van der Waals surface area contributed by atoms with Crippen molar-refractivity contribution in [2.45, 2.75) is 34.2 Å². The van der Waals surface area contributed by atoms with Crippen molar-refractivity contribution in [2.75, 3.05) is 6.54 Å². The standard InChI is InChI=1S/C25H27N5O2/c1-15(2)13-27-24(31)19-12-20-23(28-22-17(4)6-5-11-29(22)25(20)32)30(21(19)26)14-18-9-7-16(3)8-10-18/h5-12,15,26H,13-14H2,1-4H3,(H,27,31). The van der Waals surface area contributed by atoms with E-state index in [1.807, 2.05) is 58.0 Å². The van der Waals surface area contributed by atoms with Crippen LogP contribution in [0.2, 0.25) is 0 Å². The molecule has 0 aliphatic rings. The van der Waals surface area contributed by atoms with E-state index in [1.165, 1.54) is 10.5 Å². The number of aromatic nitrogens is 3. The van der Waals surface area contributed by atoms with Crippen LogP contribution in [0.3, 0.4) is 0 Å². The molecule has 4 aromatic rings. The van der Waals surface area contributed by atoms with Gasteiger partial charge in [-0.1, -0.05) is 49.7 Å². The molecule has 2 N–H and O–H groups in total. The van der Waals surface area contributed by atoms with Gasteiger partial charge in [0.2, 0.25) is 0 Å². The lowest BCUT2D eigenvalue weighted by Gasteiger charge is -2.16. The van der Waals surface area contributed by atoms with Crippen LogP contribution in [-0.2, 0) is 6.54 Å². The summed E-state index contributed by atoms with van der Waals surface area (Å²) in [7, 11) is 0. The number of amides is 1. The minimum absolute atomic E-state index is 0.0316. The second kappa shape index (κ2) is 8.42. The monoisotopic (exact) mass is 429 g/mol. The largest absolute Gasteiger partial charge is 0.352 e. The fraction of sp³-hybridized carbons (Fsp3) is 0.280. The molecule has 1 amide bonds. The first kappa shape index (κ1) is 21.5. The highest BCUT2D eigenvalue weighted by molar-refractivity contribution is 5.96. The van der Waals surface area contributed by atoms with Crippen LogP contribution >= 0.6 is 0 Å². The number of rotatable bonds is 5. The SMILES string of the molecule is Cc1ccc(Cn2c(=N)c(C(=O)NCC(C)C)cc3c(=O)n4cccc(C)c4nc32)cc1. The van der Waals surface area contributed by atoms with Gasteiger partial charge in [0.05, 0.1) is 17.5 Å². The van der Waals surface area contributed by atoms with Crippen molar-refractivity contribution in [3.63, 3.8) is 0 Å². The van der Waals surface area contributed by atoms with Gasteiger partial charge >= 0.3 is 0 Å². The Labute approximate surface area is 185 Å². The number of fused-ring (bicyclic) bond motifs is 2. The molecule has 0 saturated heterocycles. The van der Waals surface area contributed by atoms with E-state index in [9.17, 15) is 9.59 Å².